The van der Waals surface area contributed by atoms with E-state index in [0.717, 1.165) is 19.3 Å². The summed E-state index contributed by atoms with van der Waals surface area (Å²) in [6.07, 6.45) is 3.36. The van der Waals surface area contributed by atoms with E-state index in [0.29, 0.717) is 6.04 Å². The Hall–Kier alpha value is -0.570. The molecule has 0 aromatic carbocycles. The van der Waals surface area contributed by atoms with Gasteiger partial charge in [-0.15, -0.1) is 0 Å². The van der Waals surface area contributed by atoms with Crippen LogP contribution in [0.5, 0.6) is 0 Å². The van der Waals surface area contributed by atoms with Crippen LogP contribution in [0, 0.1) is 0 Å². The number of hydrogen-bond donors (Lipinski definition) is 2. The van der Waals surface area contributed by atoms with Crippen molar-refractivity contribution in [2.45, 2.75) is 52.1 Å². The summed E-state index contributed by atoms with van der Waals surface area (Å²) >= 11 is 0. The highest BCUT2D eigenvalue weighted by Gasteiger charge is 2.12. The Kier molecular flexibility index (Phi) is 5.72. The van der Waals surface area contributed by atoms with Crippen LogP contribution in [0.2, 0.25) is 0 Å². The Bertz CT molecular complexity index is 136. The molecule has 0 amide bonds. The fourth-order valence-corrected chi connectivity index (χ4v) is 1.09. The summed E-state index contributed by atoms with van der Waals surface area (Å²) in [5.41, 5.74) is 0. The van der Waals surface area contributed by atoms with Crippen LogP contribution in [-0.4, -0.2) is 23.2 Å². The predicted octanol–water partition coefficient (Wildman–Crippen LogP) is 1.63. The Morgan fingerprint density at radius 3 is 2.50 bits per heavy atom. The second-order valence-electron chi connectivity index (χ2n) is 3.27. The molecule has 0 heterocycles. The molecule has 1 unspecified atom stereocenters. The highest BCUT2D eigenvalue weighted by atomic mass is 16.4. The van der Waals surface area contributed by atoms with Crippen LogP contribution in [0.15, 0.2) is 0 Å². The number of rotatable bonds is 6. The predicted molar refractivity (Wildman–Crippen MR) is 49.2 cm³/mol. The van der Waals surface area contributed by atoms with Crippen molar-refractivity contribution in [1.82, 2.24) is 5.32 Å². The molecule has 72 valence electrons. The Morgan fingerprint density at radius 2 is 2.08 bits per heavy atom. The molecule has 2 atom stereocenters. The zero-order chi connectivity index (χ0) is 9.56. The van der Waals surface area contributed by atoms with Crippen molar-refractivity contribution in [2.75, 3.05) is 0 Å². The monoisotopic (exact) mass is 173 g/mol. The molecule has 0 rings (SSSR count). The molecule has 0 aromatic heterocycles. The van der Waals surface area contributed by atoms with E-state index in [-0.39, 0.29) is 0 Å². The molecule has 0 saturated carbocycles. The van der Waals surface area contributed by atoms with E-state index in [1.54, 1.807) is 6.92 Å². The van der Waals surface area contributed by atoms with Crippen LogP contribution < -0.4 is 5.32 Å². The van der Waals surface area contributed by atoms with Crippen molar-refractivity contribution in [2.24, 2.45) is 0 Å². The third kappa shape index (κ3) is 5.13. The molecule has 0 radical (unpaired) electrons. The number of aliphatic carboxylic acids is 1. The number of hydrogen-bond acceptors (Lipinski definition) is 2. The van der Waals surface area contributed by atoms with Gasteiger partial charge in [0.05, 0.1) is 0 Å². The van der Waals surface area contributed by atoms with Crippen LogP contribution >= 0.6 is 0 Å². The largest absolute Gasteiger partial charge is 0.480 e. The van der Waals surface area contributed by atoms with Gasteiger partial charge in [0.1, 0.15) is 6.04 Å². The first-order valence-corrected chi connectivity index (χ1v) is 4.56. The van der Waals surface area contributed by atoms with Gasteiger partial charge in [0, 0.05) is 6.04 Å². The lowest BCUT2D eigenvalue weighted by atomic mass is 10.1. The van der Waals surface area contributed by atoms with Gasteiger partial charge >= 0.3 is 5.97 Å². The van der Waals surface area contributed by atoms with E-state index in [1.807, 2.05) is 6.92 Å². The molecule has 0 aliphatic rings. The minimum Gasteiger partial charge on any atom is -0.480 e. The maximum Gasteiger partial charge on any atom is 0.320 e. The summed E-state index contributed by atoms with van der Waals surface area (Å²) in [4.78, 5) is 10.4. The highest BCUT2D eigenvalue weighted by Crippen LogP contribution is 2.00. The van der Waals surface area contributed by atoms with Crippen molar-refractivity contribution in [3.05, 3.63) is 0 Å². The van der Waals surface area contributed by atoms with Crippen molar-refractivity contribution in [1.29, 1.82) is 0 Å². The van der Waals surface area contributed by atoms with E-state index < -0.39 is 12.0 Å². The minimum absolute atomic E-state index is 0.302. The van der Waals surface area contributed by atoms with Crippen molar-refractivity contribution < 1.29 is 9.90 Å². The fourth-order valence-electron chi connectivity index (χ4n) is 1.09. The van der Waals surface area contributed by atoms with E-state index in [1.165, 1.54) is 0 Å². The smallest absolute Gasteiger partial charge is 0.320 e. The summed E-state index contributed by atoms with van der Waals surface area (Å²) in [5.74, 6) is -0.779. The van der Waals surface area contributed by atoms with Gasteiger partial charge in [0.15, 0.2) is 0 Å². The van der Waals surface area contributed by atoms with Crippen LogP contribution in [0.1, 0.15) is 40.0 Å². The van der Waals surface area contributed by atoms with Gasteiger partial charge in [-0.2, -0.15) is 0 Å². The van der Waals surface area contributed by atoms with Crippen molar-refractivity contribution in [3.63, 3.8) is 0 Å². The topological polar surface area (TPSA) is 49.3 Å². The number of nitrogens with one attached hydrogen (secondary N) is 1. The SMILES string of the molecule is CCCCC(C)N[C@@H](C)C(=O)O. The summed E-state index contributed by atoms with van der Waals surface area (Å²) in [6, 6.07) is -0.132. The molecule has 12 heavy (non-hydrogen) atoms. The van der Waals surface area contributed by atoms with Crippen LogP contribution in [-0.2, 0) is 4.79 Å². The lowest BCUT2D eigenvalue weighted by Gasteiger charge is -2.16. The number of carbonyl (C=O) groups is 1. The van der Waals surface area contributed by atoms with E-state index in [2.05, 4.69) is 12.2 Å². The van der Waals surface area contributed by atoms with Crippen molar-refractivity contribution >= 4 is 5.97 Å². The van der Waals surface area contributed by atoms with Gasteiger partial charge in [-0.1, -0.05) is 19.8 Å². The van der Waals surface area contributed by atoms with Gasteiger partial charge < -0.3 is 10.4 Å². The standard InChI is InChI=1S/C9H19NO2/c1-4-5-6-7(2)10-8(3)9(11)12/h7-8,10H,4-6H2,1-3H3,(H,11,12)/t7?,8-/m0/s1. The number of carboxylic acids is 1. The zero-order valence-corrected chi connectivity index (χ0v) is 8.13. The van der Waals surface area contributed by atoms with E-state index >= 15 is 0 Å². The first-order chi connectivity index (χ1) is 5.57. The molecule has 0 aliphatic heterocycles. The third-order valence-corrected chi connectivity index (χ3v) is 1.90. The molecule has 0 saturated heterocycles. The van der Waals surface area contributed by atoms with Gasteiger partial charge in [-0.05, 0) is 20.3 Å². The Morgan fingerprint density at radius 1 is 1.50 bits per heavy atom. The molecule has 3 nitrogen and oxygen atoms in total. The average molecular weight is 173 g/mol. The average Bonchev–Trinajstić information content (AvgIpc) is 2.00. The van der Waals surface area contributed by atoms with Crippen molar-refractivity contribution in [3.8, 4) is 0 Å². The minimum atomic E-state index is -0.779. The first kappa shape index (κ1) is 11.4. The van der Waals surface area contributed by atoms with Gasteiger partial charge in [0.25, 0.3) is 0 Å². The molecule has 0 fully saturated rings. The Balaban J connectivity index is 3.53. The summed E-state index contributed by atoms with van der Waals surface area (Å²) in [6.45, 7) is 5.83. The quantitative estimate of drug-likeness (QED) is 0.641. The van der Waals surface area contributed by atoms with Gasteiger partial charge in [-0.3, -0.25) is 4.79 Å². The third-order valence-electron chi connectivity index (χ3n) is 1.90. The Labute approximate surface area is 74.2 Å². The summed E-state index contributed by atoms with van der Waals surface area (Å²) in [5, 5.41) is 11.6. The summed E-state index contributed by atoms with van der Waals surface area (Å²) < 4.78 is 0. The molecule has 0 aromatic rings. The maximum atomic E-state index is 10.4. The number of unbranched alkanes of at least 4 members (excludes halogenated alkanes) is 1. The molecule has 0 spiro atoms. The second kappa shape index (κ2) is 6.00. The summed E-state index contributed by atoms with van der Waals surface area (Å²) in [7, 11) is 0. The van der Waals surface area contributed by atoms with Crippen LogP contribution in [0.3, 0.4) is 0 Å². The molecule has 0 bridgehead atoms. The number of carboxylic acid groups (broad SMARTS) is 1. The molecule has 2 N–H and O–H groups in total. The molecule has 0 aliphatic carbocycles. The first-order valence-electron chi connectivity index (χ1n) is 4.56. The lowest BCUT2D eigenvalue weighted by Crippen LogP contribution is -2.39. The molecular weight excluding hydrogens is 154 g/mol. The second-order valence-corrected chi connectivity index (χ2v) is 3.27. The van der Waals surface area contributed by atoms with Gasteiger partial charge in [-0.25, -0.2) is 0 Å². The van der Waals surface area contributed by atoms with E-state index in [9.17, 15) is 4.79 Å². The maximum absolute atomic E-state index is 10.4. The van der Waals surface area contributed by atoms with E-state index in [4.69, 9.17) is 5.11 Å². The lowest BCUT2D eigenvalue weighted by molar-refractivity contribution is -0.139. The zero-order valence-electron chi connectivity index (χ0n) is 8.13. The normalized spacial score (nSPS) is 15.6. The fraction of sp³-hybridized carbons (Fsp3) is 0.889. The molecular formula is C9H19NO2. The highest BCUT2D eigenvalue weighted by molar-refractivity contribution is 5.72. The molecule has 3 heteroatoms. The van der Waals surface area contributed by atoms with Crippen LogP contribution in [0.4, 0.5) is 0 Å². The van der Waals surface area contributed by atoms with Gasteiger partial charge in [0.2, 0.25) is 0 Å². The van der Waals surface area contributed by atoms with Crippen LogP contribution in [0.25, 0.3) is 0 Å².